The Kier molecular flexibility index (Phi) is 24.7. The van der Waals surface area contributed by atoms with Gasteiger partial charge in [-0.25, -0.2) is 4.79 Å². The SMILES string of the molecule is COCCOc1ccc(CNC2C[C@@H]3CC[C@@H](C)[C@@](O)(O3)C(=O)C(=O)N3CCCC[C@H]3C(=O)O[C@H]([C@H](C)C[C@@H]3CC[C@@H](O)[C@H](OC)C3)CC(=O)[C@H](C)/C=C(\C)[C@@H](O)[C@@H](OC)C(=O)[C@H](C)C[C@H](C)/C=C/C=C/C=C/2C)cc1. The molecule has 15 atom stereocenters. The summed E-state index contributed by atoms with van der Waals surface area (Å²) in [5.41, 5.74) is 2.34. The van der Waals surface area contributed by atoms with E-state index in [0.29, 0.717) is 89.5 Å². The zero-order chi connectivity index (χ0) is 55.7. The van der Waals surface area contributed by atoms with Crippen LogP contribution in [0.3, 0.4) is 0 Å². The summed E-state index contributed by atoms with van der Waals surface area (Å²) in [6.45, 7) is 14.2. The molecular formula is C60H90N2O14. The summed E-state index contributed by atoms with van der Waals surface area (Å²) in [7, 11) is 4.57. The highest BCUT2D eigenvalue weighted by Crippen LogP contribution is 2.38. The summed E-state index contributed by atoms with van der Waals surface area (Å²) in [4.78, 5) is 72.9. The van der Waals surface area contributed by atoms with Crippen LogP contribution in [0.1, 0.15) is 131 Å². The fourth-order valence-corrected chi connectivity index (χ4v) is 11.3. The molecule has 3 aliphatic heterocycles. The molecule has 3 fully saturated rings. The number of Topliss-reactive ketones (excluding diaryl/α,β-unsaturated/α-hetero) is 3. The summed E-state index contributed by atoms with van der Waals surface area (Å²) in [6.07, 6.45) is 11.7. The molecule has 16 nitrogen and oxygen atoms in total. The third-order valence-corrected chi connectivity index (χ3v) is 16.3. The Morgan fingerprint density at radius 3 is 2.28 bits per heavy atom. The first-order valence-electron chi connectivity index (χ1n) is 27.8. The van der Waals surface area contributed by atoms with Crippen LogP contribution in [0, 0.1) is 35.5 Å². The number of ether oxygens (including phenoxy) is 6. The van der Waals surface area contributed by atoms with E-state index < -0.39 is 77.8 Å². The highest BCUT2D eigenvalue weighted by Gasteiger charge is 2.53. The molecule has 5 rings (SSSR count). The third kappa shape index (κ3) is 17.3. The van der Waals surface area contributed by atoms with E-state index in [0.717, 1.165) is 16.9 Å². The Hall–Kier alpha value is -4.39. The summed E-state index contributed by atoms with van der Waals surface area (Å²) in [6, 6.07) is 6.30. The van der Waals surface area contributed by atoms with Crippen molar-refractivity contribution in [2.45, 2.75) is 187 Å². The molecule has 0 spiro atoms. The van der Waals surface area contributed by atoms with Crippen molar-refractivity contribution in [2.24, 2.45) is 35.5 Å². The Labute approximate surface area is 452 Å². The third-order valence-electron chi connectivity index (χ3n) is 16.3. The van der Waals surface area contributed by atoms with Crippen LogP contribution >= 0.6 is 0 Å². The number of nitrogens with zero attached hydrogens (tertiary/aromatic N) is 1. The van der Waals surface area contributed by atoms with Gasteiger partial charge in [-0.15, -0.1) is 0 Å². The van der Waals surface area contributed by atoms with Crippen LogP contribution in [0.2, 0.25) is 0 Å². The van der Waals surface area contributed by atoms with Crippen molar-refractivity contribution in [3.8, 4) is 5.75 Å². The molecule has 0 aromatic heterocycles. The van der Waals surface area contributed by atoms with Crippen LogP contribution in [0.25, 0.3) is 0 Å². The van der Waals surface area contributed by atoms with Gasteiger partial charge < -0.3 is 54.0 Å². The second-order valence-corrected chi connectivity index (χ2v) is 22.3. The van der Waals surface area contributed by atoms with Gasteiger partial charge in [0.05, 0.1) is 24.9 Å². The topological polar surface area (TPSA) is 217 Å². The average Bonchev–Trinajstić information content (AvgIpc) is 3.40. The number of esters is 1. The molecule has 4 N–H and O–H groups in total. The van der Waals surface area contributed by atoms with E-state index in [1.165, 1.54) is 12.0 Å². The number of methoxy groups -OCH3 is 3. The summed E-state index contributed by atoms with van der Waals surface area (Å²) >= 11 is 0. The first-order chi connectivity index (χ1) is 36.2. The van der Waals surface area contributed by atoms with Gasteiger partial charge in [-0.1, -0.05) is 88.8 Å². The molecule has 424 valence electrons. The van der Waals surface area contributed by atoms with Gasteiger partial charge >= 0.3 is 5.97 Å². The molecule has 2 saturated heterocycles. The maximum atomic E-state index is 14.6. The molecular weight excluding hydrogens is 973 g/mol. The maximum Gasteiger partial charge on any atom is 0.329 e. The summed E-state index contributed by atoms with van der Waals surface area (Å²) in [5, 5.41) is 38.0. The van der Waals surface area contributed by atoms with Crippen molar-refractivity contribution in [1.29, 1.82) is 0 Å². The van der Waals surface area contributed by atoms with Gasteiger partial charge in [0, 0.05) is 64.6 Å². The average molecular weight is 1060 g/mol. The highest BCUT2D eigenvalue weighted by molar-refractivity contribution is 6.39. The number of allylic oxidation sites excluding steroid dienone is 6. The monoisotopic (exact) mass is 1060 g/mol. The number of rotatable bonds is 12. The van der Waals surface area contributed by atoms with E-state index >= 15 is 0 Å². The normalized spacial score (nSPS) is 36.2. The number of cyclic esters (lactones) is 1. The van der Waals surface area contributed by atoms with Crippen molar-refractivity contribution >= 4 is 29.2 Å². The van der Waals surface area contributed by atoms with E-state index in [1.807, 2.05) is 82.3 Å². The number of amides is 1. The number of benzene rings is 1. The lowest BCUT2D eigenvalue weighted by molar-refractivity contribution is -0.264. The number of nitrogens with one attached hydrogen (secondary N) is 1. The van der Waals surface area contributed by atoms with Crippen molar-refractivity contribution in [3.63, 3.8) is 0 Å². The number of aliphatic hydroxyl groups is 3. The zero-order valence-corrected chi connectivity index (χ0v) is 46.9. The van der Waals surface area contributed by atoms with E-state index in [2.05, 4.69) is 5.32 Å². The molecule has 4 aliphatic rings. The van der Waals surface area contributed by atoms with E-state index in [4.69, 9.17) is 28.4 Å². The minimum atomic E-state index is -2.46. The Morgan fingerprint density at radius 1 is 0.842 bits per heavy atom. The van der Waals surface area contributed by atoms with E-state index in [-0.39, 0.29) is 60.9 Å². The van der Waals surface area contributed by atoms with Gasteiger partial charge in [0.1, 0.15) is 42.5 Å². The Balaban J connectivity index is 1.48. The number of fused-ring (bicyclic) bond motifs is 3. The lowest BCUT2D eigenvalue weighted by atomic mass is 9.78. The number of carbonyl (C=O) groups is 5. The quantitative estimate of drug-likeness (QED) is 0.0697. The van der Waals surface area contributed by atoms with Gasteiger partial charge in [0.15, 0.2) is 5.78 Å². The summed E-state index contributed by atoms with van der Waals surface area (Å²) in [5.74, 6) is -7.41. The van der Waals surface area contributed by atoms with Crippen LogP contribution in [0.15, 0.2) is 71.9 Å². The van der Waals surface area contributed by atoms with E-state index in [9.17, 15) is 39.3 Å². The molecule has 16 heteroatoms. The molecule has 1 aromatic rings. The second kappa shape index (κ2) is 30.1. The number of hydrogen-bond donors (Lipinski definition) is 4. The molecule has 3 heterocycles. The molecule has 1 unspecified atom stereocenters. The standard InChI is InChI=1S/C60H90N2O14/c1-37-16-12-11-13-17-38(2)48(61-36-44-20-24-46(25-21-44)74-29-28-71-8)34-47-23-19-43(7)60(70,76-47)57(67)58(68)62-27-15-14-18-49(62)59(69)75-52(40(4)32-45-22-26-50(63)53(33-45)72-9)35-51(64)39(3)31-42(6)55(66)56(73-10)54(65)41(5)30-37/h11-13,16-17,20-21,24-25,31,37,39-41,43,45,47-50,52-53,55-56,61,63,66,70H,14-15,18-19,22-23,26-30,32-36H2,1-10H3/b13-11+,16-12+,38-17+,42-31+/t37-,39-,40-,41-,43-,45+,47+,48?,49+,50-,52+,53-,55-,56+,60-/m1/s1. The Morgan fingerprint density at radius 2 is 1.58 bits per heavy atom. The van der Waals surface area contributed by atoms with Crippen molar-refractivity contribution in [1.82, 2.24) is 10.2 Å². The van der Waals surface area contributed by atoms with Gasteiger partial charge in [0.25, 0.3) is 11.7 Å². The number of hydrogen-bond acceptors (Lipinski definition) is 15. The van der Waals surface area contributed by atoms with Gasteiger partial charge in [0.2, 0.25) is 5.79 Å². The molecule has 1 aromatic carbocycles. The zero-order valence-electron chi connectivity index (χ0n) is 46.9. The van der Waals surface area contributed by atoms with Crippen molar-refractivity contribution in [2.75, 3.05) is 41.1 Å². The molecule has 2 bridgehead atoms. The van der Waals surface area contributed by atoms with Gasteiger partial charge in [-0.3, -0.25) is 19.2 Å². The van der Waals surface area contributed by atoms with Crippen LogP contribution in [-0.2, 0) is 54.2 Å². The molecule has 1 saturated carbocycles. The van der Waals surface area contributed by atoms with Crippen LogP contribution in [0.4, 0.5) is 0 Å². The van der Waals surface area contributed by atoms with Crippen molar-refractivity contribution < 1.29 is 67.7 Å². The maximum absolute atomic E-state index is 14.6. The largest absolute Gasteiger partial charge is 0.491 e. The predicted molar refractivity (Wildman–Crippen MR) is 289 cm³/mol. The smallest absolute Gasteiger partial charge is 0.329 e. The molecule has 1 amide bonds. The first-order valence-corrected chi connectivity index (χ1v) is 27.8. The minimum absolute atomic E-state index is 0.00434. The van der Waals surface area contributed by atoms with Gasteiger partial charge in [-0.05, 0) is 125 Å². The lowest BCUT2D eigenvalue weighted by Crippen LogP contribution is -2.61. The fourth-order valence-electron chi connectivity index (χ4n) is 11.3. The molecule has 0 radical (unpaired) electrons. The van der Waals surface area contributed by atoms with Crippen LogP contribution in [-0.4, -0.2) is 145 Å². The number of ketones is 3. The number of carbonyl (C=O) groups excluding carboxylic acids is 5. The first kappa shape index (κ1) is 62.5. The molecule has 1 aliphatic carbocycles. The predicted octanol–water partition coefficient (Wildman–Crippen LogP) is 7.35. The van der Waals surface area contributed by atoms with Crippen LogP contribution in [0.5, 0.6) is 5.75 Å². The summed E-state index contributed by atoms with van der Waals surface area (Å²) < 4.78 is 34.8. The Bertz CT molecular complexity index is 2190. The van der Waals surface area contributed by atoms with Crippen LogP contribution < -0.4 is 10.1 Å². The van der Waals surface area contributed by atoms with Gasteiger partial charge in [-0.2, -0.15) is 0 Å². The second-order valence-electron chi connectivity index (χ2n) is 22.3. The number of aliphatic hydroxyl groups excluding tert-OH is 2. The van der Waals surface area contributed by atoms with E-state index in [1.54, 1.807) is 41.1 Å². The highest BCUT2D eigenvalue weighted by atomic mass is 16.6. The fraction of sp³-hybridized carbons (Fsp3) is 0.683. The number of piperidine rings is 1. The molecule has 76 heavy (non-hydrogen) atoms. The minimum Gasteiger partial charge on any atom is -0.491 e. The van der Waals surface area contributed by atoms with Crippen molar-refractivity contribution in [3.05, 3.63) is 77.4 Å². The lowest BCUT2D eigenvalue weighted by Gasteiger charge is -2.43.